The Hall–Kier alpha value is -2.47. The van der Waals surface area contributed by atoms with Crippen LogP contribution < -0.4 is 10.2 Å². The highest BCUT2D eigenvalue weighted by atomic mass is 32.2. The molecule has 2 aliphatic rings. The van der Waals surface area contributed by atoms with E-state index >= 15 is 0 Å². The van der Waals surface area contributed by atoms with Crippen molar-refractivity contribution in [2.24, 2.45) is 11.8 Å². The summed E-state index contributed by atoms with van der Waals surface area (Å²) in [5.74, 6) is -1.61. The molecule has 2 aromatic rings. The first kappa shape index (κ1) is 25.6. The van der Waals surface area contributed by atoms with E-state index in [4.69, 9.17) is 4.74 Å². The number of amides is 1. The number of pyridine rings is 1. The molecule has 188 valence electrons. The lowest BCUT2D eigenvalue weighted by molar-refractivity contribution is -0.124. The van der Waals surface area contributed by atoms with Crippen molar-refractivity contribution < 1.29 is 28.0 Å². The van der Waals surface area contributed by atoms with E-state index in [2.05, 4.69) is 10.3 Å². The highest BCUT2D eigenvalue weighted by Gasteiger charge is 2.35. The maximum atomic E-state index is 13.3. The van der Waals surface area contributed by atoms with Crippen LogP contribution in [-0.2, 0) is 25.8 Å². The number of nitrogens with zero attached hydrogens (tertiary/aromatic N) is 2. The van der Waals surface area contributed by atoms with E-state index in [9.17, 15) is 23.3 Å². The van der Waals surface area contributed by atoms with Gasteiger partial charge in [-0.25, -0.2) is 13.4 Å². The molecular formula is C24H32BN3O6S. The van der Waals surface area contributed by atoms with E-state index in [1.54, 1.807) is 6.07 Å². The molecule has 2 heterocycles. The molecule has 35 heavy (non-hydrogen) atoms. The SMILES string of the molecule is O=C(N[C@@H](CC1CC1)B(O)O)[C@H](Cc1ccccc1)CS(=O)(=O)c1ccc(N2CCOCC2)nc1. The van der Waals surface area contributed by atoms with Crippen LogP contribution in [0.15, 0.2) is 53.6 Å². The first-order valence-electron chi connectivity index (χ1n) is 12.0. The Balaban J connectivity index is 1.50. The number of hydrogen-bond donors (Lipinski definition) is 3. The number of benzene rings is 1. The Morgan fingerprint density at radius 3 is 2.46 bits per heavy atom. The van der Waals surface area contributed by atoms with E-state index < -0.39 is 40.5 Å². The van der Waals surface area contributed by atoms with Gasteiger partial charge in [0.15, 0.2) is 9.84 Å². The zero-order valence-electron chi connectivity index (χ0n) is 19.6. The Morgan fingerprint density at radius 1 is 1.14 bits per heavy atom. The van der Waals surface area contributed by atoms with Crippen LogP contribution in [0.4, 0.5) is 5.82 Å². The Morgan fingerprint density at radius 2 is 1.86 bits per heavy atom. The second-order valence-corrected chi connectivity index (χ2v) is 11.4. The number of rotatable bonds is 11. The molecule has 1 amide bonds. The summed E-state index contributed by atoms with van der Waals surface area (Å²) in [5, 5.41) is 22.2. The van der Waals surface area contributed by atoms with Crippen LogP contribution in [0, 0.1) is 11.8 Å². The van der Waals surface area contributed by atoms with Gasteiger partial charge in [0.1, 0.15) is 5.82 Å². The predicted molar refractivity (Wildman–Crippen MR) is 132 cm³/mol. The molecule has 11 heteroatoms. The van der Waals surface area contributed by atoms with Gasteiger partial charge in [0.05, 0.1) is 35.7 Å². The number of ether oxygens (including phenoxy) is 1. The predicted octanol–water partition coefficient (Wildman–Crippen LogP) is 0.848. The minimum Gasteiger partial charge on any atom is -0.426 e. The number of carbonyl (C=O) groups is 1. The van der Waals surface area contributed by atoms with Gasteiger partial charge < -0.3 is 25.0 Å². The molecule has 4 rings (SSSR count). The van der Waals surface area contributed by atoms with Crippen LogP contribution in [0.1, 0.15) is 24.8 Å². The summed E-state index contributed by atoms with van der Waals surface area (Å²) in [6.45, 7) is 2.58. The van der Waals surface area contributed by atoms with Gasteiger partial charge in [0, 0.05) is 19.3 Å². The Labute approximate surface area is 206 Å². The molecule has 1 aliphatic heterocycles. The fourth-order valence-electron chi connectivity index (χ4n) is 4.29. The van der Waals surface area contributed by atoms with Crippen LogP contribution in [0.3, 0.4) is 0 Å². The molecule has 1 saturated heterocycles. The lowest BCUT2D eigenvalue weighted by Crippen LogP contribution is -2.50. The monoisotopic (exact) mass is 501 g/mol. The van der Waals surface area contributed by atoms with E-state index in [-0.39, 0.29) is 11.3 Å². The molecule has 2 atom stereocenters. The number of morpholine rings is 1. The third-order valence-electron chi connectivity index (χ3n) is 6.50. The van der Waals surface area contributed by atoms with Gasteiger partial charge in [0.2, 0.25) is 5.91 Å². The second-order valence-electron chi connectivity index (χ2n) is 9.33. The van der Waals surface area contributed by atoms with Gasteiger partial charge in [-0.3, -0.25) is 4.79 Å². The first-order valence-corrected chi connectivity index (χ1v) is 13.7. The van der Waals surface area contributed by atoms with Crippen LogP contribution in [0.2, 0.25) is 0 Å². The molecular weight excluding hydrogens is 469 g/mol. The van der Waals surface area contributed by atoms with Gasteiger partial charge in [-0.1, -0.05) is 43.2 Å². The zero-order valence-corrected chi connectivity index (χ0v) is 20.4. The van der Waals surface area contributed by atoms with Crippen LogP contribution >= 0.6 is 0 Å². The largest absolute Gasteiger partial charge is 0.475 e. The van der Waals surface area contributed by atoms with Crippen LogP contribution in [0.5, 0.6) is 0 Å². The maximum absolute atomic E-state index is 13.3. The molecule has 9 nitrogen and oxygen atoms in total. The molecule has 1 saturated carbocycles. The summed E-state index contributed by atoms with van der Waals surface area (Å²) in [4.78, 5) is 19.6. The van der Waals surface area contributed by atoms with E-state index in [0.717, 1.165) is 18.4 Å². The van der Waals surface area contributed by atoms with Gasteiger partial charge >= 0.3 is 7.12 Å². The quantitative estimate of drug-likeness (QED) is 0.387. The normalized spacial score (nSPS) is 18.1. The lowest BCUT2D eigenvalue weighted by atomic mass is 9.76. The number of sulfone groups is 1. The third-order valence-corrected chi connectivity index (χ3v) is 8.30. The lowest BCUT2D eigenvalue weighted by Gasteiger charge is -2.27. The van der Waals surface area contributed by atoms with Crippen molar-refractivity contribution in [3.63, 3.8) is 0 Å². The standard InChI is InChI=1S/C24H32BN3O6S/c29-24(27-22(25(30)31)15-19-6-7-19)20(14-18-4-2-1-3-5-18)17-35(32,33)21-8-9-23(26-16-21)28-10-12-34-13-11-28/h1-5,8-9,16,19-20,22,30-31H,6-7,10-15,17H2,(H,27,29)/t20-,22+/m1/s1. The van der Waals surface area contributed by atoms with Crippen LogP contribution in [-0.4, -0.2) is 74.5 Å². The van der Waals surface area contributed by atoms with Crippen LogP contribution in [0.25, 0.3) is 0 Å². The summed E-state index contributed by atoms with van der Waals surface area (Å²) in [5.41, 5.74) is 0.826. The average Bonchev–Trinajstić information content (AvgIpc) is 3.68. The molecule has 0 radical (unpaired) electrons. The fraction of sp³-hybridized carbons (Fsp3) is 0.500. The molecule has 1 aromatic carbocycles. The number of aromatic nitrogens is 1. The Kier molecular flexibility index (Phi) is 8.43. The fourth-order valence-corrected chi connectivity index (χ4v) is 5.77. The van der Waals surface area contributed by atoms with E-state index in [0.29, 0.717) is 44.5 Å². The third kappa shape index (κ3) is 7.26. The highest BCUT2D eigenvalue weighted by molar-refractivity contribution is 7.91. The Bertz CT molecular complexity index is 1070. The van der Waals surface area contributed by atoms with Crippen molar-refractivity contribution in [3.8, 4) is 0 Å². The van der Waals surface area contributed by atoms with Crippen molar-refractivity contribution in [2.75, 3.05) is 37.0 Å². The first-order chi connectivity index (χ1) is 16.8. The van der Waals surface area contributed by atoms with E-state index in [1.165, 1.54) is 12.3 Å². The highest BCUT2D eigenvalue weighted by Crippen LogP contribution is 2.33. The summed E-state index contributed by atoms with van der Waals surface area (Å²) in [6.07, 6.45) is 4.00. The molecule has 0 unspecified atom stereocenters. The molecule has 1 aliphatic carbocycles. The number of anilines is 1. The van der Waals surface area contributed by atoms with Crippen molar-refractivity contribution in [1.29, 1.82) is 0 Å². The van der Waals surface area contributed by atoms with Crippen molar-refractivity contribution in [2.45, 2.75) is 36.5 Å². The topological polar surface area (TPSA) is 129 Å². The van der Waals surface area contributed by atoms with Crippen molar-refractivity contribution >= 4 is 28.7 Å². The van der Waals surface area contributed by atoms with Gasteiger partial charge in [-0.2, -0.15) is 0 Å². The summed E-state index contributed by atoms with van der Waals surface area (Å²) in [7, 11) is -5.53. The molecule has 1 aromatic heterocycles. The van der Waals surface area contributed by atoms with Gasteiger partial charge in [0.25, 0.3) is 0 Å². The number of hydrogen-bond acceptors (Lipinski definition) is 8. The molecule has 0 bridgehead atoms. The van der Waals surface area contributed by atoms with Gasteiger partial charge in [-0.15, -0.1) is 0 Å². The minimum atomic E-state index is -3.83. The zero-order chi connectivity index (χ0) is 24.8. The van der Waals surface area contributed by atoms with Crippen molar-refractivity contribution in [3.05, 3.63) is 54.2 Å². The molecule has 2 fully saturated rings. The smallest absolute Gasteiger partial charge is 0.426 e. The molecule has 3 N–H and O–H groups in total. The summed E-state index contributed by atoms with van der Waals surface area (Å²) in [6, 6.07) is 12.4. The second kappa shape index (κ2) is 11.5. The maximum Gasteiger partial charge on any atom is 0.475 e. The number of carbonyl (C=O) groups excluding carboxylic acids is 1. The number of nitrogens with one attached hydrogen (secondary N) is 1. The van der Waals surface area contributed by atoms with Gasteiger partial charge in [-0.05, 0) is 36.5 Å². The van der Waals surface area contributed by atoms with Crippen molar-refractivity contribution in [1.82, 2.24) is 10.3 Å². The van der Waals surface area contributed by atoms with E-state index in [1.807, 2.05) is 35.2 Å². The summed E-state index contributed by atoms with van der Waals surface area (Å²) >= 11 is 0. The average molecular weight is 501 g/mol. The minimum absolute atomic E-state index is 0.0529. The molecule has 0 spiro atoms. The summed E-state index contributed by atoms with van der Waals surface area (Å²) < 4.78 is 31.9.